The van der Waals surface area contributed by atoms with Gasteiger partial charge in [-0.2, -0.15) is 0 Å². The van der Waals surface area contributed by atoms with Crippen molar-refractivity contribution in [2.24, 2.45) is 0 Å². The fraction of sp³-hybridized carbons (Fsp3) is 0.714. The zero-order valence-corrected chi connectivity index (χ0v) is 11.9. The second kappa shape index (κ2) is 8.03. The molecule has 1 aromatic heterocycles. The van der Waals surface area contributed by atoms with Crippen LogP contribution in [-0.2, 0) is 0 Å². The molecule has 1 N–H and O–H groups in total. The number of ether oxygens (including phenoxy) is 1. The Bertz CT molecular complexity index is 344. The molecule has 0 bridgehead atoms. The molecule has 0 saturated heterocycles. The largest absolute Gasteiger partial charge is 0.478 e. The Hall–Kier alpha value is -1.16. The number of aromatic nitrogens is 2. The van der Waals surface area contributed by atoms with Gasteiger partial charge in [-0.25, -0.2) is 9.97 Å². The predicted molar refractivity (Wildman–Crippen MR) is 74.0 cm³/mol. The predicted octanol–water partition coefficient (Wildman–Crippen LogP) is 2.76. The van der Waals surface area contributed by atoms with Crippen LogP contribution >= 0.6 is 0 Å². The lowest BCUT2D eigenvalue weighted by Crippen LogP contribution is -2.33. The molecule has 2 atom stereocenters. The van der Waals surface area contributed by atoms with E-state index in [0.29, 0.717) is 24.4 Å². The Morgan fingerprint density at radius 2 is 2.06 bits per heavy atom. The summed E-state index contributed by atoms with van der Waals surface area (Å²) in [5.41, 5.74) is 1.06. The molecule has 4 nitrogen and oxygen atoms in total. The van der Waals surface area contributed by atoms with E-state index < -0.39 is 0 Å². The molecule has 0 fully saturated rings. The van der Waals surface area contributed by atoms with Gasteiger partial charge in [-0.15, -0.1) is 0 Å². The molecule has 1 heterocycles. The minimum Gasteiger partial charge on any atom is -0.478 e. The highest BCUT2D eigenvalue weighted by Crippen LogP contribution is 2.23. The van der Waals surface area contributed by atoms with Crippen molar-refractivity contribution in [2.75, 3.05) is 13.2 Å². The maximum absolute atomic E-state index is 5.43. The van der Waals surface area contributed by atoms with Gasteiger partial charge in [-0.05, 0) is 33.2 Å². The SMILES string of the molecule is CCCNC(C)C(CC)c1cc(OCC)ncn1. The van der Waals surface area contributed by atoms with E-state index in [1.807, 2.05) is 13.0 Å². The van der Waals surface area contributed by atoms with Crippen molar-refractivity contribution in [3.8, 4) is 5.88 Å². The Kier molecular flexibility index (Phi) is 6.65. The molecule has 0 spiro atoms. The number of nitrogens with zero attached hydrogens (tertiary/aromatic N) is 2. The number of hydrogen-bond acceptors (Lipinski definition) is 4. The van der Waals surface area contributed by atoms with E-state index in [9.17, 15) is 0 Å². The van der Waals surface area contributed by atoms with Crippen molar-refractivity contribution in [3.63, 3.8) is 0 Å². The molecule has 0 aromatic carbocycles. The molecule has 0 amide bonds. The molecule has 0 aliphatic carbocycles. The van der Waals surface area contributed by atoms with Crippen LogP contribution in [0.25, 0.3) is 0 Å². The zero-order chi connectivity index (χ0) is 13.4. The lowest BCUT2D eigenvalue weighted by molar-refractivity contribution is 0.324. The minimum atomic E-state index is 0.402. The molecule has 0 saturated carbocycles. The van der Waals surface area contributed by atoms with Crippen LogP contribution in [0.5, 0.6) is 5.88 Å². The molecule has 102 valence electrons. The van der Waals surface area contributed by atoms with Gasteiger partial charge in [0.1, 0.15) is 6.33 Å². The molecule has 18 heavy (non-hydrogen) atoms. The van der Waals surface area contributed by atoms with Gasteiger partial charge in [0.15, 0.2) is 0 Å². The molecule has 0 aliphatic rings. The average Bonchev–Trinajstić information content (AvgIpc) is 2.38. The van der Waals surface area contributed by atoms with Crippen molar-refractivity contribution in [1.29, 1.82) is 0 Å². The van der Waals surface area contributed by atoms with Gasteiger partial charge in [-0.3, -0.25) is 0 Å². The van der Waals surface area contributed by atoms with Gasteiger partial charge in [0.05, 0.1) is 12.3 Å². The topological polar surface area (TPSA) is 47.0 Å². The summed E-state index contributed by atoms with van der Waals surface area (Å²) in [6, 6.07) is 2.38. The highest BCUT2D eigenvalue weighted by molar-refractivity contribution is 5.18. The molecule has 1 rings (SSSR count). The summed E-state index contributed by atoms with van der Waals surface area (Å²) in [6.07, 6.45) is 3.80. The van der Waals surface area contributed by atoms with Gasteiger partial charge < -0.3 is 10.1 Å². The number of rotatable bonds is 8. The first-order chi connectivity index (χ1) is 8.72. The summed E-state index contributed by atoms with van der Waals surface area (Å²) >= 11 is 0. The lowest BCUT2D eigenvalue weighted by Gasteiger charge is -2.23. The molecule has 1 aromatic rings. The van der Waals surface area contributed by atoms with Crippen LogP contribution in [0.1, 0.15) is 52.1 Å². The molecule has 4 heteroatoms. The van der Waals surface area contributed by atoms with Gasteiger partial charge >= 0.3 is 0 Å². The first kappa shape index (κ1) is 14.9. The summed E-state index contributed by atoms with van der Waals surface area (Å²) in [6.45, 7) is 10.2. The Morgan fingerprint density at radius 1 is 1.28 bits per heavy atom. The van der Waals surface area contributed by atoms with E-state index >= 15 is 0 Å². The molecule has 0 radical (unpaired) electrons. The second-order valence-corrected chi connectivity index (χ2v) is 4.47. The van der Waals surface area contributed by atoms with Crippen LogP contribution in [0.15, 0.2) is 12.4 Å². The van der Waals surface area contributed by atoms with Gasteiger partial charge in [0.25, 0.3) is 0 Å². The van der Waals surface area contributed by atoms with Gasteiger partial charge in [0, 0.05) is 18.0 Å². The first-order valence-electron chi connectivity index (χ1n) is 6.90. The maximum Gasteiger partial charge on any atom is 0.216 e. The van der Waals surface area contributed by atoms with Gasteiger partial charge in [-0.1, -0.05) is 13.8 Å². The minimum absolute atomic E-state index is 0.402. The van der Waals surface area contributed by atoms with Crippen molar-refractivity contribution in [3.05, 3.63) is 18.1 Å². The smallest absolute Gasteiger partial charge is 0.216 e. The standard InChI is InChI=1S/C14H25N3O/c1-5-8-15-11(4)12(6-2)13-9-14(18-7-3)17-10-16-13/h9-12,15H,5-8H2,1-4H3. The van der Waals surface area contributed by atoms with Crippen molar-refractivity contribution >= 4 is 0 Å². The highest BCUT2D eigenvalue weighted by atomic mass is 16.5. The van der Waals surface area contributed by atoms with Crippen LogP contribution in [0.2, 0.25) is 0 Å². The summed E-state index contributed by atoms with van der Waals surface area (Å²) < 4.78 is 5.43. The van der Waals surface area contributed by atoms with E-state index in [-0.39, 0.29) is 0 Å². The first-order valence-corrected chi connectivity index (χ1v) is 6.90. The van der Waals surface area contributed by atoms with E-state index in [2.05, 4.69) is 36.1 Å². The number of hydrogen-bond donors (Lipinski definition) is 1. The van der Waals surface area contributed by atoms with Crippen molar-refractivity contribution in [2.45, 2.75) is 52.5 Å². The molecule has 0 aliphatic heterocycles. The van der Waals surface area contributed by atoms with E-state index in [4.69, 9.17) is 4.74 Å². The normalized spacial score (nSPS) is 14.2. The Balaban J connectivity index is 2.77. The molecular weight excluding hydrogens is 226 g/mol. The zero-order valence-electron chi connectivity index (χ0n) is 11.9. The van der Waals surface area contributed by atoms with Crippen LogP contribution in [0.3, 0.4) is 0 Å². The lowest BCUT2D eigenvalue weighted by atomic mass is 9.94. The van der Waals surface area contributed by atoms with E-state index in [1.165, 1.54) is 0 Å². The second-order valence-electron chi connectivity index (χ2n) is 4.47. The van der Waals surface area contributed by atoms with E-state index in [1.54, 1.807) is 6.33 Å². The average molecular weight is 251 g/mol. The third kappa shape index (κ3) is 4.26. The highest BCUT2D eigenvalue weighted by Gasteiger charge is 2.19. The third-order valence-corrected chi connectivity index (χ3v) is 3.09. The summed E-state index contributed by atoms with van der Waals surface area (Å²) in [4.78, 5) is 8.50. The quantitative estimate of drug-likeness (QED) is 0.771. The Labute approximate surface area is 110 Å². The van der Waals surface area contributed by atoms with Crippen molar-refractivity contribution in [1.82, 2.24) is 15.3 Å². The fourth-order valence-corrected chi connectivity index (χ4v) is 2.12. The summed E-state index contributed by atoms with van der Waals surface area (Å²) in [5, 5.41) is 3.53. The van der Waals surface area contributed by atoms with Crippen molar-refractivity contribution < 1.29 is 4.74 Å². The fourth-order valence-electron chi connectivity index (χ4n) is 2.12. The molecule has 2 unspecified atom stereocenters. The Morgan fingerprint density at radius 3 is 2.67 bits per heavy atom. The maximum atomic E-state index is 5.43. The van der Waals surface area contributed by atoms with Crippen LogP contribution in [0.4, 0.5) is 0 Å². The summed E-state index contributed by atoms with van der Waals surface area (Å²) in [5.74, 6) is 1.07. The van der Waals surface area contributed by atoms with E-state index in [0.717, 1.165) is 25.1 Å². The monoisotopic (exact) mass is 251 g/mol. The van der Waals surface area contributed by atoms with Crippen LogP contribution < -0.4 is 10.1 Å². The third-order valence-electron chi connectivity index (χ3n) is 3.09. The van der Waals surface area contributed by atoms with Gasteiger partial charge in [0.2, 0.25) is 5.88 Å². The molecular formula is C14H25N3O. The summed E-state index contributed by atoms with van der Waals surface area (Å²) in [7, 11) is 0. The van der Waals surface area contributed by atoms with Crippen LogP contribution in [0, 0.1) is 0 Å². The number of nitrogens with one attached hydrogen (secondary N) is 1. The van der Waals surface area contributed by atoms with Crippen LogP contribution in [-0.4, -0.2) is 29.2 Å².